The molecular weight excluding hydrogens is 416 g/mol. The van der Waals surface area contributed by atoms with Gasteiger partial charge in [-0.3, -0.25) is 9.59 Å². The van der Waals surface area contributed by atoms with Crippen LogP contribution in [0.15, 0.2) is 72.3 Å². The van der Waals surface area contributed by atoms with Crippen LogP contribution in [-0.2, 0) is 9.59 Å². The highest BCUT2D eigenvalue weighted by Gasteiger charge is 2.46. The van der Waals surface area contributed by atoms with Crippen LogP contribution in [0.25, 0.3) is 16.5 Å². The van der Waals surface area contributed by atoms with Gasteiger partial charge in [0, 0.05) is 18.7 Å². The number of rotatable bonds is 7. The Morgan fingerprint density at radius 1 is 1.03 bits per heavy atom. The molecule has 1 heterocycles. The molecule has 0 spiro atoms. The van der Waals surface area contributed by atoms with E-state index in [2.05, 4.69) is 0 Å². The van der Waals surface area contributed by atoms with Crippen molar-refractivity contribution in [2.24, 2.45) is 0 Å². The predicted molar refractivity (Wildman–Crippen MR) is 129 cm³/mol. The molecule has 6 heteroatoms. The lowest BCUT2D eigenvalue weighted by Gasteiger charge is -2.27. The lowest BCUT2D eigenvalue weighted by molar-refractivity contribution is -0.140. The molecule has 0 saturated carbocycles. The number of amides is 1. The molecule has 1 fully saturated rings. The molecule has 1 aliphatic rings. The Balaban J connectivity index is 1.92. The SMILES string of the molecule is CCOc1cccc(/C(O)=C2/C(=O)C(=O)N(CCN(C)C)C2c2cccc3ccccc23)c1. The fourth-order valence-electron chi connectivity index (χ4n) is 4.29. The number of carbonyl (C=O) groups is 2. The number of fused-ring (bicyclic) bond motifs is 1. The molecule has 1 saturated heterocycles. The third kappa shape index (κ3) is 4.34. The second-order valence-corrected chi connectivity index (χ2v) is 8.32. The molecule has 0 radical (unpaired) electrons. The normalized spacial score (nSPS) is 17.8. The Kier molecular flexibility index (Phi) is 6.47. The van der Waals surface area contributed by atoms with E-state index in [0.717, 1.165) is 16.3 Å². The third-order valence-electron chi connectivity index (χ3n) is 5.86. The van der Waals surface area contributed by atoms with Gasteiger partial charge in [-0.2, -0.15) is 0 Å². The number of likely N-dealkylation sites (N-methyl/N-ethyl adjacent to an activating group) is 1. The van der Waals surface area contributed by atoms with Crippen LogP contribution >= 0.6 is 0 Å². The molecule has 4 rings (SSSR count). The van der Waals surface area contributed by atoms with E-state index in [4.69, 9.17) is 4.74 Å². The van der Waals surface area contributed by atoms with Crippen molar-refractivity contribution in [3.8, 4) is 5.75 Å². The van der Waals surface area contributed by atoms with Crippen molar-refractivity contribution >= 4 is 28.2 Å². The van der Waals surface area contributed by atoms with Gasteiger partial charge >= 0.3 is 0 Å². The Morgan fingerprint density at radius 2 is 1.76 bits per heavy atom. The summed E-state index contributed by atoms with van der Waals surface area (Å²) in [4.78, 5) is 29.9. The Hall–Kier alpha value is -3.64. The van der Waals surface area contributed by atoms with E-state index in [-0.39, 0.29) is 11.3 Å². The smallest absolute Gasteiger partial charge is 0.295 e. The molecule has 3 aromatic carbocycles. The zero-order valence-corrected chi connectivity index (χ0v) is 19.1. The lowest BCUT2D eigenvalue weighted by Crippen LogP contribution is -2.35. The van der Waals surface area contributed by atoms with Crippen molar-refractivity contribution in [3.05, 3.63) is 83.4 Å². The van der Waals surface area contributed by atoms with Gasteiger partial charge in [-0.1, -0.05) is 54.6 Å². The number of benzene rings is 3. The zero-order valence-electron chi connectivity index (χ0n) is 19.1. The van der Waals surface area contributed by atoms with Crippen molar-refractivity contribution in [1.82, 2.24) is 9.80 Å². The first-order valence-corrected chi connectivity index (χ1v) is 11.1. The summed E-state index contributed by atoms with van der Waals surface area (Å²) in [5.74, 6) is -0.881. The molecule has 1 N–H and O–H groups in total. The molecule has 1 aliphatic heterocycles. The number of ketones is 1. The van der Waals surface area contributed by atoms with Crippen LogP contribution in [0.1, 0.15) is 24.1 Å². The fraction of sp³-hybridized carbons (Fsp3) is 0.259. The van der Waals surface area contributed by atoms with Crippen LogP contribution in [0, 0.1) is 0 Å². The van der Waals surface area contributed by atoms with E-state index in [1.807, 2.05) is 68.4 Å². The van der Waals surface area contributed by atoms with Crippen LogP contribution in [0.2, 0.25) is 0 Å². The van der Waals surface area contributed by atoms with Crippen molar-refractivity contribution < 1.29 is 19.4 Å². The van der Waals surface area contributed by atoms with E-state index in [1.165, 1.54) is 0 Å². The highest BCUT2D eigenvalue weighted by molar-refractivity contribution is 6.46. The Morgan fingerprint density at radius 3 is 2.52 bits per heavy atom. The minimum Gasteiger partial charge on any atom is -0.507 e. The monoisotopic (exact) mass is 444 g/mol. The summed E-state index contributed by atoms with van der Waals surface area (Å²) in [7, 11) is 3.84. The maximum atomic E-state index is 13.3. The van der Waals surface area contributed by atoms with Crippen molar-refractivity contribution in [3.63, 3.8) is 0 Å². The molecule has 1 atom stereocenters. The van der Waals surface area contributed by atoms with E-state index < -0.39 is 17.7 Å². The van der Waals surface area contributed by atoms with Crippen LogP contribution in [-0.4, -0.2) is 60.4 Å². The number of likely N-dealkylation sites (tertiary alicyclic amines) is 1. The third-order valence-corrected chi connectivity index (χ3v) is 5.86. The van der Waals surface area contributed by atoms with E-state index in [0.29, 0.717) is 31.0 Å². The van der Waals surface area contributed by atoms with Gasteiger partial charge in [0.15, 0.2) is 0 Å². The second-order valence-electron chi connectivity index (χ2n) is 8.32. The average Bonchev–Trinajstić information content (AvgIpc) is 3.07. The van der Waals surface area contributed by atoms with Gasteiger partial charge in [0.05, 0.1) is 18.2 Å². The van der Waals surface area contributed by atoms with Crippen LogP contribution in [0.5, 0.6) is 5.75 Å². The van der Waals surface area contributed by atoms with Crippen molar-refractivity contribution in [1.29, 1.82) is 0 Å². The summed E-state index contributed by atoms with van der Waals surface area (Å²) in [6.07, 6.45) is 0. The first kappa shape index (κ1) is 22.6. The van der Waals surface area contributed by atoms with Gasteiger partial charge < -0.3 is 19.6 Å². The molecule has 0 aliphatic carbocycles. The zero-order chi connectivity index (χ0) is 23.5. The summed E-state index contributed by atoms with van der Waals surface area (Å²) in [5, 5.41) is 13.3. The van der Waals surface area contributed by atoms with Gasteiger partial charge in [-0.15, -0.1) is 0 Å². The predicted octanol–water partition coefficient (Wildman–Crippen LogP) is 4.22. The molecule has 1 amide bonds. The van der Waals surface area contributed by atoms with Gasteiger partial charge in [-0.05, 0) is 49.5 Å². The molecule has 0 bridgehead atoms. The standard InChI is InChI=1S/C27H28N2O4/c1-4-33-20-12-7-11-19(17-20)25(30)23-24(29(16-15-28(2)3)27(32)26(23)31)22-14-8-10-18-9-5-6-13-21(18)22/h5-14,17,24,30H,4,15-16H2,1-3H3/b25-23-. The van der Waals surface area contributed by atoms with Gasteiger partial charge in [0.25, 0.3) is 11.7 Å². The van der Waals surface area contributed by atoms with Crippen LogP contribution in [0.3, 0.4) is 0 Å². The minimum absolute atomic E-state index is 0.101. The summed E-state index contributed by atoms with van der Waals surface area (Å²) in [5.41, 5.74) is 1.36. The van der Waals surface area contributed by atoms with E-state index >= 15 is 0 Å². The summed E-state index contributed by atoms with van der Waals surface area (Å²) < 4.78 is 5.56. The molecular formula is C27H28N2O4. The molecule has 1 unspecified atom stereocenters. The second kappa shape index (κ2) is 9.46. The van der Waals surface area contributed by atoms with Gasteiger partial charge in [0.1, 0.15) is 11.5 Å². The molecule has 33 heavy (non-hydrogen) atoms. The Labute approximate surface area is 193 Å². The maximum absolute atomic E-state index is 13.3. The average molecular weight is 445 g/mol. The number of ether oxygens (including phenoxy) is 1. The largest absolute Gasteiger partial charge is 0.507 e. The molecule has 0 aromatic heterocycles. The molecule has 3 aromatic rings. The van der Waals surface area contributed by atoms with Crippen LogP contribution < -0.4 is 4.74 Å². The Bertz CT molecular complexity index is 1230. The van der Waals surface area contributed by atoms with E-state index in [9.17, 15) is 14.7 Å². The minimum atomic E-state index is -0.688. The molecule has 170 valence electrons. The van der Waals surface area contributed by atoms with Gasteiger partial charge in [-0.25, -0.2) is 0 Å². The highest BCUT2D eigenvalue weighted by atomic mass is 16.5. The number of hydrogen-bond donors (Lipinski definition) is 1. The number of aliphatic hydroxyl groups is 1. The van der Waals surface area contributed by atoms with E-state index in [1.54, 1.807) is 29.2 Å². The number of aliphatic hydroxyl groups excluding tert-OH is 1. The van der Waals surface area contributed by atoms with Gasteiger partial charge in [0.2, 0.25) is 0 Å². The van der Waals surface area contributed by atoms with Crippen molar-refractivity contribution in [2.45, 2.75) is 13.0 Å². The van der Waals surface area contributed by atoms with Crippen LogP contribution in [0.4, 0.5) is 0 Å². The lowest BCUT2D eigenvalue weighted by atomic mass is 9.91. The maximum Gasteiger partial charge on any atom is 0.295 e. The number of Topliss-reactive ketones (excluding diaryl/α,β-unsaturated/α-hetero) is 1. The van der Waals surface area contributed by atoms with Crippen molar-refractivity contribution in [2.75, 3.05) is 33.8 Å². The topological polar surface area (TPSA) is 70.1 Å². The number of nitrogens with zero attached hydrogens (tertiary/aromatic N) is 2. The quantitative estimate of drug-likeness (QED) is 0.336. The first-order chi connectivity index (χ1) is 15.9. The summed E-state index contributed by atoms with van der Waals surface area (Å²) in [6.45, 7) is 3.31. The summed E-state index contributed by atoms with van der Waals surface area (Å²) >= 11 is 0. The molecule has 6 nitrogen and oxygen atoms in total. The highest BCUT2D eigenvalue weighted by Crippen LogP contribution is 2.41. The number of carbonyl (C=O) groups excluding carboxylic acids is 2. The first-order valence-electron chi connectivity index (χ1n) is 11.1. The summed E-state index contributed by atoms with van der Waals surface area (Å²) in [6, 6.07) is 20.0. The number of hydrogen-bond acceptors (Lipinski definition) is 5. The fourth-order valence-corrected chi connectivity index (χ4v) is 4.29.